The predicted octanol–water partition coefficient (Wildman–Crippen LogP) is 7.96. The Morgan fingerprint density at radius 1 is 0.547 bits per heavy atom. The van der Waals surface area contributed by atoms with E-state index in [0.29, 0.717) is 9.79 Å². The molecule has 6 aromatic carbocycles. The SMILES string of the molecule is O=S1(=O)c2ccccc2-c2ccc(-c3cn4[n+](c3)C35c6c-4ccc4c7ccccc7n(c64)-c4ccc6c7ccccc7n(c6c43)-c3cccc[n+]35)cc21. The average molecular weight is 700 g/mol. The largest absolute Gasteiger partial charge is 0.394 e. The lowest BCUT2D eigenvalue weighted by Gasteiger charge is -2.33. The zero-order valence-corrected chi connectivity index (χ0v) is 28.7. The maximum atomic E-state index is 13.8. The van der Waals surface area contributed by atoms with Crippen molar-refractivity contribution < 1.29 is 17.7 Å². The number of para-hydroxylation sites is 2. The number of sulfone groups is 1. The van der Waals surface area contributed by atoms with Crippen molar-refractivity contribution in [2.45, 2.75) is 15.5 Å². The van der Waals surface area contributed by atoms with E-state index in [1.165, 1.54) is 54.7 Å². The quantitative estimate of drug-likeness (QED) is 0.163. The van der Waals surface area contributed by atoms with Crippen molar-refractivity contribution in [3.05, 3.63) is 163 Å². The molecule has 8 heteroatoms. The van der Waals surface area contributed by atoms with Crippen LogP contribution in [0.4, 0.5) is 0 Å². The first-order valence-corrected chi connectivity index (χ1v) is 19.3. The third-order valence-electron chi connectivity index (χ3n) is 12.4. The standard InChI is InChI=1S/C45H25N5O2S/c51-53(52)38-14-6-3-11-30(38)31-17-16-26(23-39(31)53)27-24-47-36-20-18-32-28-9-1-4-12-34(28)49-37-21-19-33-29-10-2-5-13-35(29)50-40-15-7-8-22-46(40)45(48(47)25-27,41(36)43(32)49)42(37)44(33)50/h1-25H/q+2. The molecule has 7 nitrogen and oxygen atoms in total. The molecule has 0 fully saturated rings. The smallest absolute Gasteiger partial charge is 0.307 e. The summed E-state index contributed by atoms with van der Waals surface area (Å²) in [7, 11) is -3.63. The van der Waals surface area contributed by atoms with Crippen LogP contribution in [0.3, 0.4) is 0 Å². The third-order valence-corrected chi connectivity index (χ3v) is 14.2. The topological polar surface area (TPSA) is 56.7 Å². The van der Waals surface area contributed by atoms with E-state index in [4.69, 9.17) is 0 Å². The predicted molar refractivity (Wildman–Crippen MR) is 203 cm³/mol. The van der Waals surface area contributed by atoms with E-state index in [0.717, 1.165) is 39.4 Å². The first-order chi connectivity index (χ1) is 26.1. The number of nitrogens with zero attached hydrogens (tertiary/aromatic N) is 5. The zero-order chi connectivity index (χ0) is 34.5. The first-order valence-electron chi connectivity index (χ1n) is 17.9. The molecule has 1 spiro atoms. The molecular formula is C45H25N5O2S+2. The highest BCUT2D eigenvalue weighted by Crippen LogP contribution is 2.54. The molecule has 0 aliphatic carbocycles. The fraction of sp³-hybridized carbons (Fsp3) is 0.0222. The summed E-state index contributed by atoms with van der Waals surface area (Å²) in [6.07, 6.45) is 6.64. The Morgan fingerprint density at radius 3 is 2.04 bits per heavy atom. The fourth-order valence-electron chi connectivity index (χ4n) is 10.4. The Hall–Kier alpha value is -6.77. The fourth-order valence-corrected chi connectivity index (χ4v) is 12.1. The maximum absolute atomic E-state index is 13.8. The van der Waals surface area contributed by atoms with Gasteiger partial charge in [0.1, 0.15) is 22.3 Å². The van der Waals surface area contributed by atoms with Crippen molar-refractivity contribution in [1.29, 1.82) is 0 Å². The molecule has 0 bridgehead atoms. The van der Waals surface area contributed by atoms with Crippen LogP contribution >= 0.6 is 0 Å². The Balaban J connectivity index is 1.16. The monoisotopic (exact) mass is 699 g/mol. The van der Waals surface area contributed by atoms with Crippen LogP contribution in [0, 0.1) is 0 Å². The van der Waals surface area contributed by atoms with E-state index in [1.54, 1.807) is 12.1 Å². The summed E-state index contributed by atoms with van der Waals surface area (Å²) in [6.45, 7) is 0. The van der Waals surface area contributed by atoms with Gasteiger partial charge in [-0.2, -0.15) is 9.13 Å². The normalized spacial score (nSPS) is 17.4. The van der Waals surface area contributed by atoms with E-state index in [-0.39, 0.29) is 0 Å². The molecule has 4 aliphatic heterocycles. The highest BCUT2D eigenvalue weighted by Gasteiger charge is 2.68. The second-order valence-electron chi connectivity index (χ2n) is 14.6. The van der Waals surface area contributed by atoms with Gasteiger partial charge < -0.3 is 4.57 Å². The zero-order valence-electron chi connectivity index (χ0n) is 27.9. The summed E-state index contributed by atoms with van der Waals surface area (Å²) in [5, 5.41) is 4.90. The lowest BCUT2D eigenvalue weighted by atomic mass is 9.82. The molecule has 246 valence electrons. The van der Waals surface area contributed by atoms with Crippen molar-refractivity contribution in [3.8, 4) is 39.4 Å². The Morgan fingerprint density at radius 2 is 1.21 bits per heavy atom. The van der Waals surface area contributed by atoms with Crippen LogP contribution in [0.5, 0.6) is 0 Å². The average Bonchev–Trinajstić information content (AvgIpc) is 3.98. The number of hydrogen-bond donors (Lipinski definition) is 0. The minimum Gasteiger partial charge on any atom is -0.307 e. The van der Waals surface area contributed by atoms with Gasteiger partial charge in [0, 0.05) is 38.7 Å². The molecule has 0 saturated carbocycles. The molecule has 14 rings (SSSR count). The van der Waals surface area contributed by atoms with Crippen molar-refractivity contribution in [2.24, 2.45) is 0 Å². The van der Waals surface area contributed by atoms with E-state index in [2.05, 4.69) is 139 Å². The van der Waals surface area contributed by atoms with Crippen molar-refractivity contribution in [1.82, 2.24) is 13.8 Å². The highest BCUT2D eigenvalue weighted by molar-refractivity contribution is 7.92. The molecule has 0 saturated heterocycles. The van der Waals surface area contributed by atoms with E-state index >= 15 is 0 Å². The molecule has 0 N–H and O–H groups in total. The van der Waals surface area contributed by atoms with Gasteiger partial charge >= 0.3 is 5.66 Å². The van der Waals surface area contributed by atoms with Gasteiger partial charge in [-0.25, -0.2) is 8.42 Å². The second-order valence-corrected chi connectivity index (χ2v) is 16.5. The molecule has 8 heterocycles. The number of aromatic nitrogens is 5. The highest BCUT2D eigenvalue weighted by atomic mass is 32.2. The minimum atomic E-state index is -3.63. The maximum Gasteiger partial charge on any atom is 0.394 e. The van der Waals surface area contributed by atoms with Gasteiger partial charge in [-0.1, -0.05) is 71.4 Å². The van der Waals surface area contributed by atoms with Crippen molar-refractivity contribution >= 4 is 53.4 Å². The Bertz CT molecular complexity index is 3550. The number of benzene rings is 6. The van der Waals surface area contributed by atoms with Crippen molar-refractivity contribution in [2.75, 3.05) is 0 Å². The van der Waals surface area contributed by atoms with Crippen molar-refractivity contribution in [3.63, 3.8) is 0 Å². The molecular weight excluding hydrogens is 675 g/mol. The molecule has 0 amide bonds. The molecule has 10 aromatic rings. The van der Waals surface area contributed by atoms with E-state index in [9.17, 15) is 8.42 Å². The minimum absolute atomic E-state index is 0.365. The van der Waals surface area contributed by atoms with Crippen LogP contribution in [0.2, 0.25) is 0 Å². The number of hydrogen-bond acceptors (Lipinski definition) is 2. The Kier molecular flexibility index (Phi) is 4.31. The van der Waals surface area contributed by atoms with Gasteiger partial charge in [0.15, 0.2) is 5.52 Å². The van der Waals surface area contributed by atoms with E-state index in [1.807, 2.05) is 24.3 Å². The van der Waals surface area contributed by atoms with E-state index < -0.39 is 15.5 Å². The van der Waals surface area contributed by atoms with Crippen LogP contribution in [0.25, 0.3) is 83.1 Å². The molecule has 4 aliphatic rings. The summed E-state index contributed by atoms with van der Waals surface area (Å²) in [4.78, 5) is 0.741. The molecule has 1 atom stereocenters. The molecule has 4 aromatic heterocycles. The van der Waals surface area contributed by atoms with Gasteiger partial charge in [0.25, 0.3) is 5.82 Å². The summed E-state index contributed by atoms with van der Waals surface area (Å²) >= 11 is 0. The number of rotatable bonds is 1. The summed E-state index contributed by atoms with van der Waals surface area (Å²) < 4.78 is 39.7. The third kappa shape index (κ3) is 2.72. The van der Waals surface area contributed by atoms with Crippen LogP contribution < -0.4 is 9.25 Å². The van der Waals surface area contributed by atoms with Crippen LogP contribution in [0.15, 0.2) is 162 Å². The van der Waals surface area contributed by atoms with Crippen LogP contribution in [0.1, 0.15) is 11.1 Å². The van der Waals surface area contributed by atoms with Gasteiger partial charge in [0.05, 0.1) is 44.5 Å². The van der Waals surface area contributed by atoms with Gasteiger partial charge in [0.2, 0.25) is 16.0 Å². The molecule has 1 unspecified atom stereocenters. The summed E-state index contributed by atoms with van der Waals surface area (Å²) in [6, 6.07) is 46.3. The summed E-state index contributed by atoms with van der Waals surface area (Å²) in [5.74, 6) is 1.08. The van der Waals surface area contributed by atoms with Crippen LogP contribution in [-0.2, 0) is 15.5 Å². The molecule has 53 heavy (non-hydrogen) atoms. The number of fused-ring (bicyclic) bond motifs is 14. The second kappa shape index (κ2) is 8.47. The first kappa shape index (κ1) is 27.0. The lowest BCUT2D eigenvalue weighted by molar-refractivity contribution is -0.993. The number of pyridine rings is 1. The van der Waals surface area contributed by atoms with Crippen LogP contribution in [-0.4, -0.2) is 22.2 Å². The van der Waals surface area contributed by atoms with Gasteiger partial charge in [-0.3, -0.25) is 0 Å². The van der Waals surface area contributed by atoms with Gasteiger partial charge in [-0.05, 0) is 66.2 Å². The Labute approximate surface area is 301 Å². The molecule has 0 radical (unpaired) electrons. The lowest BCUT2D eigenvalue weighted by Crippen LogP contribution is -2.76. The summed E-state index contributed by atoms with van der Waals surface area (Å²) in [5.41, 5.74) is 12.0. The van der Waals surface area contributed by atoms with Gasteiger partial charge in [-0.15, -0.1) is 4.68 Å².